The van der Waals surface area contributed by atoms with Crippen molar-refractivity contribution in [1.82, 2.24) is 9.78 Å². The smallest absolute Gasteiger partial charge is 0.248 e. The highest BCUT2D eigenvalue weighted by Gasteiger charge is 2.04. The van der Waals surface area contributed by atoms with Crippen LogP contribution in [0, 0.1) is 0 Å². The van der Waals surface area contributed by atoms with Crippen LogP contribution in [-0.2, 0) is 11.3 Å². The number of hydrogen-bond acceptors (Lipinski definition) is 3. The molecule has 0 fully saturated rings. The van der Waals surface area contributed by atoms with Gasteiger partial charge in [-0.2, -0.15) is 5.10 Å². The van der Waals surface area contributed by atoms with Crippen molar-refractivity contribution < 1.29 is 9.53 Å². The van der Waals surface area contributed by atoms with E-state index in [1.54, 1.807) is 30.0 Å². The van der Waals surface area contributed by atoms with Gasteiger partial charge in [0.25, 0.3) is 0 Å². The van der Waals surface area contributed by atoms with Crippen molar-refractivity contribution in [2.24, 2.45) is 5.73 Å². The Labute approximate surface area is 92.8 Å². The predicted molar refractivity (Wildman–Crippen MR) is 60.1 cm³/mol. The Kier molecular flexibility index (Phi) is 2.87. The second-order valence-corrected chi connectivity index (χ2v) is 3.52. The Morgan fingerprint density at radius 2 is 2.38 bits per heavy atom. The number of nitrogens with zero attached hydrogens (tertiary/aromatic N) is 2. The van der Waals surface area contributed by atoms with Crippen molar-refractivity contribution >= 4 is 16.8 Å². The molecule has 5 nitrogen and oxygen atoms in total. The maximum atomic E-state index is 11.0. The number of aromatic nitrogens is 2. The largest absolute Gasteiger partial charge is 0.383 e. The number of rotatable bonds is 4. The molecule has 0 bridgehead atoms. The van der Waals surface area contributed by atoms with Crippen LogP contribution in [0.5, 0.6) is 0 Å². The number of carbonyl (C=O) groups is 1. The molecule has 1 aromatic carbocycles. The third-order valence-corrected chi connectivity index (χ3v) is 2.36. The summed E-state index contributed by atoms with van der Waals surface area (Å²) in [7, 11) is 1.65. The van der Waals surface area contributed by atoms with Gasteiger partial charge < -0.3 is 10.5 Å². The Balaban J connectivity index is 2.34. The molecule has 0 aliphatic rings. The summed E-state index contributed by atoms with van der Waals surface area (Å²) < 4.78 is 6.76. The van der Waals surface area contributed by atoms with E-state index in [0.717, 1.165) is 10.9 Å². The number of ether oxygens (including phenoxy) is 1. The molecule has 2 N–H and O–H groups in total. The molecular formula is C11H13N3O2. The van der Waals surface area contributed by atoms with Gasteiger partial charge in [-0.15, -0.1) is 0 Å². The molecule has 16 heavy (non-hydrogen) atoms. The number of benzene rings is 1. The van der Waals surface area contributed by atoms with Gasteiger partial charge in [0.05, 0.1) is 18.7 Å². The van der Waals surface area contributed by atoms with Crippen LogP contribution in [-0.4, -0.2) is 29.4 Å². The molecule has 0 radical (unpaired) electrons. The average Bonchev–Trinajstić information content (AvgIpc) is 2.67. The van der Waals surface area contributed by atoms with Crippen molar-refractivity contribution in [2.45, 2.75) is 6.54 Å². The van der Waals surface area contributed by atoms with Gasteiger partial charge >= 0.3 is 0 Å². The normalized spacial score (nSPS) is 10.8. The summed E-state index contributed by atoms with van der Waals surface area (Å²) in [5.74, 6) is -0.424. The van der Waals surface area contributed by atoms with E-state index in [0.29, 0.717) is 18.7 Å². The lowest BCUT2D eigenvalue weighted by Crippen LogP contribution is -2.10. The van der Waals surface area contributed by atoms with Gasteiger partial charge in [0, 0.05) is 24.3 Å². The summed E-state index contributed by atoms with van der Waals surface area (Å²) >= 11 is 0. The molecule has 0 saturated heterocycles. The highest BCUT2D eigenvalue weighted by atomic mass is 16.5. The quantitative estimate of drug-likeness (QED) is 0.826. The molecule has 1 aromatic heterocycles. The van der Waals surface area contributed by atoms with Gasteiger partial charge in [-0.1, -0.05) is 0 Å². The van der Waals surface area contributed by atoms with E-state index in [1.807, 2.05) is 6.20 Å². The molecule has 84 valence electrons. The predicted octanol–water partition coefficient (Wildman–Crippen LogP) is 0.782. The van der Waals surface area contributed by atoms with Crippen LogP contribution in [0.4, 0.5) is 0 Å². The summed E-state index contributed by atoms with van der Waals surface area (Å²) in [5, 5.41) is 5.24. The van der Waals surface area contributed by atoms with E-state index < -0.39 is 5.91 Å². The number of primary amides is 1. The van der Waals surface area contributed by atoms with Gasteiger partial charge in [-0.05, 0) is 18.2 Å². The van der Waals surface area contributed by atoms with Gasteiger partial charge in [0.15, 0.2) is 0 Å². The first-order valence-electron chi connectivity index (χ1n) is 4.96. The molecule has 0 atom stereocenters. The van der Waals surface area contributed by atoms with E-state index in [9.17, 15) is 4.79 Å². The maximum absolute atomic E-state index is 11.0. The zero-order valence-corrected chi connectivity index (χ0v) is 9.01. The highest BCUT2D eigenvalue weighted by molar-refractivity contribution is 5.96. The molecular weight excluding hydrogens is 206 g/mol. The third-order valence-electron chi connectivity index (χ3n) is 2.36. The van der Waals surface area contributed by atoms with Crippen LogP contribution in [0.1, 0.15) is 10.4 Å². The fourth-order valence-corrected chi connectivity index (χ4v) is 1.53. The van der Waals surface area contributed by atoms with Crippen LogP contribution >= 0.6 is 0 Å². The van der Waals surface area contributed by atoms with E-state index in [1.165, 1.54) is 0 Å². The van der Waals surface area contributed by atoms with Gasteiger partial charge in [-0.3, -0.25) is 9.48 Å². The van der Waals surface area contributed by atoms with E-state index in [-0.39, 0.29) is 0 Å². The standard InChI is InChI=1S/C11H13N3O2/c1-16-5-4-14-7-9-6-8(11(12)15)2-3-10(9)13-14/h2-3,6-7H,4-5H2,1H3,(H2,12,15). The van der Waals surface area contributed by atoms with Gasteiger partial charge in [-0.25, -0.2) is 0 Å². The zero-order valence-electron chi connectivity index (χ0n) is 9.01. The summed E-state index contributed by atoms with van der Waals surface area (Å²) in [6, 6.07) is 5.21. The summed E-state index contributed by atoms with van der Waals surface area (Å²) in [6.07, 6.45) is 1.88. The topological polar surface area (TPSA) is 70.1 Å². The third kappa shape index (κ3) is 2.04. The van der Waals surface area contributed by atoms with Crippen molar-refractivity contribution in [1.29, 1.82) is 0 Å². The van der Waals surface area contributed by atoms with Gasteiger partial charge in [0.1, 0.15) is 0 Å². The first-order valence-corrected chi connectivity index (χ1v) is 4.96. The molecule has 0 unspecified atom stereocenters. The molecule has 0 aliphatic heterocycles. The maximum Gasteiger partial charge on any atom is 0.248 e. The summed E-state index contributed by atoms with van der Waals surface area (Å²) in [5.41, 5.74) is 6.55. The van der Waals surface area contributed by atoms with Crippen LogP contribution in [0.25, 0.3) is 10.9 Å². The van der Waals surface area contributed by atoms with Crippen molar-refractivity contribution in [3.8, 4) is 0 Å². The first kappa shape index (κ1) is 10.6. The molecule has 0 saturated carbocycles. The lowest BCUT2D eigenvalue weighted by molar-refractivity contribution is 0.100. The number of nitrogens with two attached hydrogens (primary N) is 1. The Morgan fingerprint density at radius 3 is 3.06 bits per heavy atom. The lowest BCUT2D eigenvalue weighted by atomic mass is 10.1. The zero-order chi connectivity index (χ0) is 11.5. The van der Waals surface area contributed by atoms with E-state index >= 15 is 0 Å². The number of fused-ring (bicyclic) bond motifs is 1. The first-order chi connectivity index (χ1) is 7.70. The SMILES string of the molecule is COCCn1cc2cc(C(N)=O)ccc2n1. The van der Waals surface area contributed by atoms with Crippen molar-refractivity contribution in [3.05, 3.63) is 30.0 Å². The van der Waals surface area contributed by atoms with Crippen molar-refractivity contribution in [2.75, 3.05) is 13.7 Å². The monoisotopic (exact) mass is 219 g/mol. The summed E-state index contributed by atoms with van der Waals surface area (Å²) in [4.78, 5) is 11.0. The summed E-state index contributed by atoms with van der Waals surface area (Å²) in [6.45, 7) is 1.30. The molecule has 5 heteroatoms. The lowest BCUT2D eigenvalue weighted by Gasteiger charge is -1.97. The Hall–Kier alpha value is -1.88. The Morgan fingerprint density at radius 1 is 1.56 bits per heavy atom. The van der Waals surface area contributed by atoms with E-state index in [4.69, 9.17) is 10.5 Å². The van der Waals surface area contributed by atoms with Crippen LogP contribution in [0.2, 0.25) is 0 Å². The number of amides is 1. The highest BCUT2D eigenvalue weighted by Crippen LogP contribution is 2.14. The molecule has 0 aliphatic carbocycles. The fraction of sp³-hybridized carbons (Fsp3) is 0.273. The molecule has 2 rings (SSSR count). The van der Waals surface area contributed by atoms with Crippen molar-refractivity contribution in [3.63, 3.8) is 0 Å². The van der Waals surface area contributed by atoms with Crippen LogP contribution in [0.15, 0.2) is 24.4 Å². The number of methoxy groups -OCH3 is 1. The minimum Gasteiger partial charge on any atom is -0.383 e. The van der Waals surface area contributed by atoms with Crippen LogP contribution < -0.4 is 5.73 Å². The van der Waals surface area contributed by atoms with E-state index in [2.05, 4.69) is 5.10 Å². The second kappa shape index (κ2) is 4.32. The molecule has 1 amide bonds. The number of hydrogen-bond donors (Lipinski definition) is 1. The fourth-order valence-electron chi connectivity index (χ4n) is 1.53. The molecule has 2 aromatic rings. The number of carbonyl (C=O) groups excluding carboxylic acids is 1. The van der Waals surface area contributed by atoms with Crippen LogP contribution in [0.3, 0.4) is 0 Å². The van der Waals surface area contributed by atoms with Gasteiger partial charge in [0.2, 0.25) is 5.91 Å². The minimum absolute atomic E-state index is 0.424. The minimum atomic E-state index is -0.424. The molecule has 1 heterocycles. The Bertz CT molecular complexity index is 519. The second-order valence-electron chi connectivity index (χ2n) is 3.52. The average molecular weight is 219 g/mol. The molecule has 0 spiro atoms.